The van der Waals surface area contributed by atoms with E-state index in [1.807, 2.05) is 0 Å². The van der Waals surface area contributed by atoms with Gasteiger partial charge in [0.05, 0.1) is 6.61 Å². The van der Waals surface area contributed by atoms with Crippen LogP contribution in [0.4, 0.5) is 4.39 Å². The minimum atomic E-state index is -1.14. The molecule has 8 nitrogen and oxygen atoms in total. The first-order valence-corrected chi connectivity index (χ1v) is 11.3. The van der Waals surface area contributed by atoms with Crippen molar-refractivity contribution < 1.29 is 42.8 Å². The third-order valence-electron chi connectivity index (χ3n) is 4.72. The van der Waals surface area contributed by atoms with Crippen LogP contribution in [0, 0.1) is 5.82 Å². The number of ether oxygens (including phenoxy) is 5. The fourth-order valence-corrected chi connectivity index (χ4v) is 2.74. The van der Waals surface area contributed by atoms with Crippen molar-refractivity contribution >= 4 is 11.9 Å². The Balaban J connectivity index is 2.21. The number of aliphatic hydroxyl groups excluding tert-OH is 1. The Labute approximate surface area is 215 Å². The summed E-state index contributed by atoms with van der Waals surface area (Å²) in [6, 6.07) is 8.85. The van der Waals surface area contributed by atoms with E-state index >= 15 is 4.39 Å². The van der Waals surface area contributed by atoms with Crippen molar-refractivity contribution in [3.05, 3.63) is 78.7 Å². The summed E-state index contributed by atoms with van der Waals surface area (Å²) in [5.41, 5.74) is 1.63. The minimum absolute atomic E-state index is 0.00703. The van der Waals surface area contributed by atoms with Gasteiger partial charge >= 0.3 is 11.9 Å². The highest BCUT2D eigenvalue weighted by molar-refractivity contribution is 5.89. The van der Waals surface area contributed by atoms with E-state index in [9.17, 15) is 14.7 Å². The van der Waals surface area contributed by atoms with Crippen LogP contribution in [0.5, 0.6) is 17.2 Å². The van der Waals surface area contributed by atoms with Crippen molar-refractivity contribution in [1.29, 1.82) is 0 Å². The monoisotopic (exact) mass is 514 g/mol. The molecular formula is C28H31FO8. The van der Waals surface area contributed by atoms with E-state index in [2.05, 4.69) is 19.7 Å². The second-order valence-corrected chi connectivity index (χ2v) is 8.16. The van der Waals surface area contributed by atoms with Gasteiger partial charge in [0.2, 0.25) is 0 Å². The van der Waals surface area contributed by atoms with E-state index in [4.69, 9.17) is 23.7 Å². The van der Waals surface area contributed by atoms with Gasteiger partial charge in [-0.05, 0) is 50.1 Å². The molecule has 9 heteroatoms. The lowest BCUT2D eigenvalue weighted by molar-refractivity contribution is -0.139. The molecule has 1 N–H and O–H groups in total. The molecular weight excluding hydrogens is 483 g/mol. The molecule has 1 atom stereocenters. The summed E-state index contributed by atoms with van der Waals surface area (Å²) in [4.78, 5) is 23.3. The van der Waals surface area contributed by atoms with E-state index in [0.717, 1.165) is 6.07 Å². The molecule has 0 aliphatic rings. The molecule has 37 heavy (non-hydrogen) atoms. The van der Waals surface area contributed by atoms with Crippen LogP contribution >= 0.6 is 0 Å². The summed E-state index contributed by atoms with van der Waals surface area (Å²) in [7, 11) is 0. The highest BCUT2D eigenvalue weighted by Gasteiger charge is 2.16. The van der Waals surface area contributed by atoms with Crippen LogP contribution in [0.25, 0.3) is 11.1 Å². The third-order valence-corrected chi connectivity index (χ3v) is 4.72. The van der Waals surface area contributed by atoms with Crippen molar-refractivity contribution in [3.63, 3.8) is 0 Å². The van der Waals surface area contributed by atoms with Gasteiger partial charge in [0.1, 0.15) is 31.4 Å². The lowest BCUT2D eigenvalue weighted by atomic mass is 10.0. The second-order valence-electron chi connectivity index (χ2n) is 8.16. The molecule has 2 aromatic carbocycles. The Hall–Kier alpha value is -3.95. The van der Waals surface area contributed by atoms with Gasteiger partial charge in [0.25, 0.3) is 0 Å². The van der Waals surface area contributed by atoms with Crippen LogP contribution in [0.2, 0.25) is 0 Å². The number of benzene rings is 2. The number of rotatable bonds is 14. The van der Waals surface area contributed by atoms with E-state index in [1.165, 1.54) is 32.0 Å². The zero-order valence-electron chi connectivity index (χ0n) is 21.2. The number of carbonyl (C=O) groups excluding carboxylic acids is 2. The van der Waals surface area contributed by atoms with Crippen LogP contribution in [-0.4, -0.2) is 49.8 Å². The molecule has 0 radical (unpaired) electrons. The molecule has 0 saturated heterocycles. The zero-order chi connectivity index (χ0) is 27.5. The molecule has 2 rings (SSSR count). The van der Waals surface area contributed by atoms with Gasteiger partial charge in [-0.3, -0.25) is 0 Å². The average molecular weight is 515 g/mol. The Morgan fingerprint density at radius 1 is 0.865 bits per heavy atom. The minimum Gasteiger partial charge on any atom is -0.487 e. The fourth-order valence-electron chi connectivity index (χ4n) is 2.74. The van der Waals surface area contributed by atoms with Crippen molar-refractivity contribution in [2.75, 3.05) is 26.4 Å². The van der Waals surface area contributed by atoms with Crippen LogP contribution in [0.3, 0.4) is 0 Å². The van der Waals surface area contributed by atoms with Gasteiger partial charge in [-0.25, -0.2) is 14.0 Å². The summed E-state index contributed by atoms with van der Waals surface area (Å²) in [6.07, 6.45) is -1.14. The smallest absolute Gasteiger partial charge is 0.338 e. The summed E-state index contributed by atoms with van der Waals surface area (Å²) in [5.74, 6) is -1.15. The number of esters is 2. The standard InChI is InChI=1S/C28H31FO8/c1-17(2)26(30)35-13-11-33-24-15-22(20-7-9-21(10-8-20)37-28(32)19(5)6)23(29)16-25(24)34-12-14-36-27(31)18(3)4/h7-10,15-16,27,31H,1,3,5,11-14H2,2,4,6H3/t27-/m0/s1. The van der Waals surface area contributed by atoms with E-state index in [-0.39, 0.29) is 60.4 Å². The van der Waals surface area contributed by atoms with Crippen LogP contribution in [0.15, 0.2) is 72.9 Å². The van der Waals surface area contributed by atoms with Crippen LogP contribution in [-0.2, 0) is 19.1 Å². The molecule has 0 fully saturated rings. The van der Waals surface area contributed by atoms with Gasteiger partial charge < -0.3 is 28.8 Å². The van der Waals surface area contributed by atoms with E-state index in [0.29, 0.717) is 11.1 Å². The van der Waals surface area contributed by atoms with Gasteiger partial charge in [-0.1, -0.05) is 31.9 Å². The maximum absolute atomic E-state index is 15.1. The first-order chi connectivity index (χ1) is 17.5. The highest BCUT2D eigenvalue weighted by atomic mass is 19.1. The molecule has 2 aromatic rings. The molecule has 198 valence electrons. The highest BCUT2D eigenvalue weighted by Crippen LogP contribution is 2.36. The first-order valence-electron chi connectivity index (χ1n) is 11.3. The number of halogens is 1. The molecule has 0 bridgehead atoms. The number of hydrogen-bond acceptors (Lipinski definition) is 8. The molecule has 0 aromatic heterocycles. The predicted octanol–water partition coefficient (Wildman–Crippen LogP) is 4.76. The Bertz CT molecular complexity index is 1150. The predicted molar refractivity (Wildman–Crippen MR) is 136 cm³/mol. The van der Waals surface area contributed by atoms with Gasteiger partial charge in [0.15, 0.2) is 17.8 Å². The van der Waals surface area contributed by atoms with Crippen molar-refractivity contribution in [2.45, 2.75) is 27.1 Å². The zero-order valence-corrected chi connectivity index (χ0v) is 21.2. The molecule has 0 aliphatic carbocycles. The second kappa shape index (κ2) is 14.0. The quantitative estimate of drug-likeness (QED) is 0.0962. The summed E-state index contributed by atoms with van der Waals surface area (Å²) < 4.78 is 41.8. The topological polar surface area (TPSA) is 101 Å². The molecule has 0 amide bonds. The Morgan fingerprint density at radius 2 is 1.43 bits per heavy atom. The molecule has 0 unspecified atom stereocenters. The normalized spacial score (nSPS) is 11.3. The van der Waals surface area contributed by atoms with E-state index in [1.54, 1.807) is 19.1 Å². The van der Waals surface area contributed by atoms with Crippen LogP contribution < -0.4 is 14.2 Å². The molecule has 0 spiro atoms. The lowest BCUT2D eigenvalue weighted by Gasteiger charge is -2.16. The maximum Gasteiger partial charge on any atom is 0.338 e. The summed E-state index contributed by atoms with van der Waals surface area (Å²) in [5, 5.41) is 9.67. The summed E-state index contributed by atoms with van der Waals surface area (Å²) >= 11 is 0. The third kappa shape index (κ3) is 9.21. The van der Waals surface area contributed by atoms with Crippen molar-refractivity contribution in [1.82, 2.24) is 0 Å². The largest absolute Gasteiger partial charge is 0.487 e. The average Bonchev–Trinajstić information content (AvgIpc) is 2.85. The molecule has 0 saturated carbocycles. The van der Waals surface area contributed by atoms with Crippen molar-refractivity contribution in [3.8, 4) is 28.4 Å². The van der Waals surface area contributed by atoms with Crippen molar-refractivity contribution in [2.24, 2.45) is 0 Å². The number of carbonyl (C=O) groups is 2. The SMILES string of the molecule is C=C(C)C(=O)OCCOc1cc(-c2ccc(OC(=O)C(=C)C)cc2)c(F)cc1OCCO[C@H](O)C(=C)C. The number of hydrogen-bond donors (Lipinski definition) is 1. The Morgan fingerprint density at radius 3 is 2.00 bits per heavy atom. The van der Waals surface area contributed by atoms with Gasteiger partial charge in [0, 0.05) is 22.8 Å². The fraction of sp³-hybridized carbons (Fsp3) is 0.286. The first kappa shape index (κ1) is 29.3. The van der Waals surface area contributed by atoms with Gasteiger partial charge in [-0.15, -0.1) is 0 Å². The molecule has 0 heterocycles. The summed E-state index contributed by atoms with van der Waals surface area (Å²) in [6.45, 7) is 15.2. The number of aliphatic hydroxyl groups is 1. The van der Waals surface area contributed by atoms with Crippen LogP contribution in [0.1, 0.15) is 20.8 Å². The van der Waals surface area contributed by atoms with Gasteiger partial charge in [-0.2, -0.15) is 0 Å². The maximum atomic E-state index is 15.1. The molecule has 0 aliphatic heterocycles. The van der Waals surface area contributed by atoms with E-state index < -0.39 is 24.0 Å². The lowest BCUT2D eigenvalue weighted by Crippen LogP contribution is -2.17. The Kier molecular flexibility index (Phi) is 11.0.